The van der Waals surface area contributed by atoms with Gasteiger partial charge in [-0.3, -0.25) is 4.79 Å². The van der Waals surface area contributed by atoms with Gasteiger partial charge in [0.2, 0.25) is 5.95 Å². The fraction of sp³-hybridized carbons (Fsp3) is 0.350. The monoisotopic (exact) mass is 467 g/mol. The Morgan fingerprint density at radius 2 is 1.85 bits per heavy atom. The lowest BCUT2D eigenvalue weighted by molar-refractivity contribution is -0.138. The number of aryl methyl sites for hydroxylation is 1. The molecule has 0 aliphatic carbocycles. The largest absolute Gasteiger partial charge is 0.419 e. The molecule has 1 aromatic carbocycles. The van der Waals surface area contributed by atoms with E-state index in [4.69, 9.17) is 0 Å². The Hall–Kier alpha value is -3.64. The van der Waals surface area contributed by atoms with Crippen LogP contribution in [0.15, 0.2) is 43.0 Å². The summed E-state index contributed by atoms with van der Waals surface area (Å²) >= 11 is 0. The van der Waals surface area contributed by atoms with Crippen molar-refractivity contribution in [2.75, 3.05) is 18.4 Å². The van der Waals surface area contributed by atoms with E-state index in [1.54, 1.807) is 19.1 Å². The van der Waals surface area contributed by atoms with Gasteiger partial charge in [0.25, 0.3) is 11.8 Å². The third kappa shape index (κ3) is 4.47. The second-order valence-corrected chi connectivity index (χ2v) is 7.49. The van der Waals surface area contributed by atoms with Crippen molar-refractivity contribution in [1.82, 2.24) is 29.9 Å². The fourth-order valence-electron chi connectivity index (χ4n) is 3.66. The molecule has 1 amide bonds. The molecular formula is C20H18F5N7O. The van der Waals surface area contributed by atoms with Gasteiger partial charge in [0.15, 0.2) is 0 Å². The molecule has 0 radical (unpaired) electrons. The molecule has 174 valence electrons. The minimum absolute atomic E-state index is 0.152. The first kappa shape index (κ1) is 22.6. The van der Waals surface area contributed by atoms with Crippen LogP contribution in [0.1, 0.15) is 27.9 Å². The lowest BCUT2D eigenvalue weighted by atomic mass is 10.1. The zero-order valence-corrected chi connectivity index (χ0v) is 17.2. The fourth-order valence-corrected chi connectivity index (χ4v) is 3.66. The number of likely N-dealkylation sites (tertiary alicyclic amines) is 1. The molecule has 1 unspecified atom stereocenters. The standard InChI is InChI=1S/C20H18F5N7O/c1-12-3-2-4-14(16(12)32-29-6-7-30-32)17(33)31-8-5-19(21,22)15(31)11-28-18-26-9-13(10-27-18)20(23,24)25/h2-4,6-7,9-10,15H,5,8,11H2,1H3,(H,26,27,28). The minimum Gasteiger partial charge on any atom is -0.352 e. The summed E-state index contributed by atoms with van der Waals surface area (Å²) in [6.45, 7) is 1.09. The second-order valence-electron chi connectivity index (χ2n) is 7.49. The van der Waals surface area contributed by atoms with E-state index in [1.807, 2.05) is 0 Å². The zero-order chi connectivity index (χ0) is 23.8. The Labute approximate surface area is 184 Å². The molecule has 1 aliphatic heterocycles. The summed E-state index contributed by atoms with van der Waals surface area (Å²) in [4.78, 5) is 22.7. The predicted molar refractivity (Wildman–Crippen MR) is 106 cm³/mol. The van der Waals surface area contributed by atoms with Crippen LogP contribution in [0.4, 0.5) is 27.9 Å². The first-order valence-electron chi connectivity index (χ1n) is 9.86. The summed E-state index contributed by atoms with van der Waals surface area (Å²) in [7, 11) is 0. The van der Waals surface area contributed by atoms with Crippen molar-refractivity contribution in [3.63, 3.8) is 0 Å². The number of carbonyl (C=O) groups excluding carboxylic acids is 1. The maximum absolute atomic E-state index is 14.7. The molecule has 1 N–H and O–H groups in total. The van der Waals surface area contributed by atoms with E-state index in [0.29, 0.717) is 23.6 Å². The van der Waals surface area contributed by atoms with Gasteiger partial charge in [-0.2, -0.15) is 28.2 Å². The highest BCUT2D eigenvalue weighted by atomic mass is 19.4. The average molecular weight is 467 g/mol. The molecule has 1 aliphatic rings. The number of nitrogens with one attached hydrogen (secondary N) is 1. The third-order valence-corrected chi connectivity index (χ3v) is 5.33. The zero-order valence-electron chi connectivity index (χ0n) is 17.2. The maximum Gasteiger partial charge on any atom is 0.419 e. The van der Waals surface area contributed by atoms with Crippen LogP contribution >= 0.6 is 0 Å². The number of rotatable bonds is 5. The molecular weight excluding hydrogens is 449 g/mol. The molecule has 3 heterocycles. The SMILES string of the molecule is Cc1cccc(C(=O)N2CCC(F)(F)C2CNc2ncc(C(F)(F)F)cn2)c1-n1nccn1. The molecule has 1 fully saturated rings. The molecule has 2 aromatic heterocycles. The number of anilines is 1. The van der Waals surface area contributed by atoms with E-state index in [-0.39, 0.29) is 18.1 Å². The first-order valence-corrected chi connectivity index (χ1v) is 9.86. The van der Waals surface area contributed by atoms with E-state index < -0.39 is 42.6 Å². The number of hydrogen-bond donors (Lipinski definition) is 1. The topological polar surface area (TPSA) is 88.8 Å². The molecule has 8 nitrogen and oxygen atoms in total. The van der Waals surface area contributed by atoms with E-state index in [2.05, 4.69) is 25.5 Å². The average Bonchev–Trinajstić information content (AvgIpc) is 3.39. The van der Waals surface area contributed by atoms with Gasteiger partial charge in [-0.15, -0.1) is 0 Å². The van der Waals surface area contributed by atoms with Gasteiger partial charge >= 0.3 is 6.18 Å². The van der Waals surface area contributed by atoms with Crippen molar-refractivity contribution in [2.24, 2.45) is 0 Å². The van der Waals surface area contributed by atoms with Crippen LogP contribution in [-0.2, 0) is 6.18 Å². The number of benzene rings is 1. The summed E-state index contributed by atoms with van der Waals surface area (Å²) in [5.41, 5.74) is 0.145. The number of alkyl halides is 5. The highest BCUT2D eigenvalue weighted by molar-refractivity contribution is 5.98. The normalized spacial score (nSPS) is 17.9. The van der Waals surface area contributed by atoms with Gasteiger partial charge in [-0.1, -0.05) is 12.1 Å². The Morgan fingerprint density at radius 1 is 1.18 bits per heavy atom. The number of nitrogens with zero attached hydrogens (tertiary/aromatic N) is 6. The summed E-state index contributed by atoms with van der Waals surface area (Å²) in [5, 5.41) is 10.6. The van der Waals surface area contributed by atoms with Crippen molar-refractivity contribution in [3.05, 3.63) is 59.7 Å². The van der Waals surface area contributed by atoms with Crippen LogP contribution < -0.4 is 5.32 Å². The van der Waals surface area contributed by atoms with Crippen LogP contribution in [-0.4, -0.2) is 60.8 Å². The van der Waals surface area contributed by atoms with Crippen molar-refractivity contribution < 1.29 is 26.7 Å². The van der Waals surface area contributed by atoms with Gasteiger partial charge in [0.1, 0.15) is 11.7 Å². The van der Waals surface area contributed by atoms with Gasteiger partial charge in [-0.05, 0) is 18.6 Å². The van der Waals surface area contributed by atoms with Crippen molar-refractivity contribution >= 4 is 11.9 Å². The maximum atomic E-state index is 14.7. The summed E-state index contributed by atoms with van der Waals surface area (Å²) in [5.74, 6) is -4.11. The minimum atomic E-state index is -4.62. The van der Waals surface area contributed by atoms with Gasteiger partial charge in [0, 0.05) is 31.9 Å². The van der Waals surface area contributed by atoms with Crippen molar-refractivity contribution in [2.45, 2.75) is 31.5 Å². The van der Waals surface area contributed by atoms with Crippen molar-refractivity contribution in [3.8, 4) is 5.69 Å². The smallest absolute Gasteiger partial charge is 0.352 e. The second kappa shape index (κ2) is 8.37. The summed E-state index contributed by atoms with van der Waals surface area (Å²) in [6, 6.07) is 3.32. The molecule has 3 aromatic rings. The number of amides is 1. The number of carbonyl (C=O) groups is 1. The molecule has 0 spiro atoms. The molecule has 1 atom stereocenters. The molecule has 13 heteroatoms. The van der Waals surface area contributed by atoms with Crippen LogP contribution in [0, 0.1) is 6.92 Å². The van der Waals surface area contributed by atoms with E-state index in [1.165, 1.54) is 23.3 Å². The highest BCUT2D eigenvalue weighted by Gasteiger charge is 2.51. The van der Waals surface area contributed by atoms with Crippen LogP contribution in [0.3, 0.4) is 0 Å². The Bertz CT molecular complexity index is 1130. The van der Waals surface area contributed by atoms with Crippen LogP contribution in [0.25, 0.3) is 5.69 Å². The summed E-state index contributed by atoms with van der Waals surface area (Å²) < 4.78 is 67.3. The Morgan fingerprint density at radius 3 is 2.48 bits per heavy atom. The number of hydrogen-bond acceptors (Lipinski definition) is 6. The first-order chi connectivity index (χ1) is 15.6. The van der Waals surface area contributed by atoms with Crippen molar-refractivity contribution in [1.29, 1.82) is 0 Å². The molecule has 0 bridgehead atoms. The number of halogens is 5. The third-order valence-electron chi connectivity index (χ3n) is 5.33. The molecule has 33 heavy (non-hydrogen) atoms. The van der Waals surface area contributed by atoms with Gasteiger partial charge < -0.3 is 10.2 Å². The van der Waals surface area contributed by atoms with Gasteiger partial charge in [-0.25, -0.2) is 18.7 Å². The van der Waals surface area contributed by atoms with E-state index in [9.17, 15) is 26.7 Å². The number of aromatic nitrogens is 5. The Kier molecular flexibility index (Phi) is 5.72. The number of para-hydroxylation sites is 1. The van der Waals surface area contributed by atoms with Crippen LogP contribution in [0.2, 0.25) is 0 Å². The predicted octanol–water partition coefficient (Wildman–Crippen LogP) is 3.35. The quantitative estimate of drug-likeness (QED) is 0.579. The Balaban J connectivity index is 1.57. The molecule has 0 saturated carbocycles. The highest BCUT2D eigenvalue weighted by Crippen LogP contribution is 2.36. The summed E-state index contributed by atoms with van der Waals surface area (Å²) in [6.07, 6.45) is -1.19. The molecule has 1 saturated heterocycles. The lowest BCUT2D eigenvalue weighted by Gasteiger charge is -2.28. The van der Waals surface area contributed by atoms with E-state index >= 15 is 0 Å². The van der Waals surface area contributed by atoms with E-state index in [0.717, 1.165) is 4.90 Å². The van der Waals surface area contributed by atoms with Crippen LogP contribution in [0.5, 0.6) is 0 Å². The molecule has 4 rings (SSSR count). The van der Waals surface area contributed by atoms with Gasteiger partial charge in [0.05, 0.1) is 23.5 Å². The lowest BCUT2D eigenvalue weighted by Crippen LogP contribution is -2.47.